The average molecular weight is 320 g/mol. The summed E-state index contributed by atoms with van der Waals surface area (Å²) in [5.74, 6) is 1.05. The highest BCUT2D eigenvalue weighted by atomic mass is 16.2. The molecule has 1 fully saturated rings. The number of aromatic nitrogens is 2. The van der Waals surface area contributed by atoms with Crippen molar-refractivity contribution in [2.45, 2.75) is 57.9 Å². The van der Waals surface area contributed by atoms with Gasteiger partial charge in [-0.15, -0.1) is 0 Å². The standard InChI is InChI=1S/C17H28N4O2/c1-3-7-14(17-18-10-13-20(17)2)19-15(22)9-12-21-11-6-4-5-8-16(21)23/h10,13-14H,3-9,11-12H2,1-2H3,(H,19,22). The lowest BCUT2D eigenvalue weighted by atomic mass is 10.1. The van der Waals surface area contributed by atoms with Crippen LogP contribution in [0.1, 0.15) is 63.7 Å². The number of carbonyl (C=O) groups is 2. The fourth-order valence-electron chi connectivity index (χ4n) is 3.05. The van der Waals surface area contributed by atoms with Gasteiger partial charge in [0.05, 0.1) is 6.04 Å². The Kier molecular flexibility index (Phi) is 6.62. The summed E-state index contributed by atoms with van der Waals surface area (Å²) in [4.78, 5) is 30.4. The van der Waals surface area contributed by atoms with Gasteiger partial charge >= 0.3 is 0 Å². The number of hydrogen-bond acceptors (Lipinski definition) is 3. The average Bonchev–Trinajstić information content (AvgIpc) is 2.84. The van der Waals surface area contributed by atoms with Crippen LogP contribution in [0.2, 0.25) is 0 Å². The molecule has 2 rings (SSSR count). The molecule has 23 heavy (non-hydrogen) atoms. The van der Waals surface area contributed by atoms with Crippen LogP contribution >= 0.6 is 0 Å². The molecular formula is C17H28N4O2. The lowest BCUT2D eigenvalue weighted by molar-refractivity contribution is -0.131. The van der Waals surface area contributed by atoms with Gasteiger partial charge in [-0.2, -0.15) is 0 Å². The number of rotatable bonds is 7. The van der Waals surface area contributed by atoms with E-state index in [9.17, 15) is 9.59 Å². The highest BCUT2D eigenvalue weighted by Crippen LogP contribution is 2.16. The molecule has 1 N–H and O–H groups in total. The van der Waals surface area contributed by atoms with Gasteiger partial charge < -0.3 is 14.8 Å². The zero-order chi connectivity index (χ0) is 16.7. The summed E-state index contributed by atoms with van der Waals surface area (Å²) >= 11 is 0. The zero-order valence-electron chi connectivity index (χ0n) is 14.3. The molecule has 1 atom stereocenters. The first-order chi connectivity index (χ1) is 11.1. The van der Waals surface area contributed by atoms with Gasteiger partial charge in [-0.3, -0.25) is 9.59 Å². The fourth-order valence-corrected chi connectivity index (χ4v) is 3.05. The fraction of sp³-hybridized carbons (Fsp3) is 0.706. The van der Waals surface area contributed by atoms with Crippen molar-refractivity contribution >= 4 is 11.8 Å². The Morgan fingerprint density at radius 3 is 2.91 bits per heavy atom. The lowest BCUT2D eigenvalue weighted by Gasteiger charge is -2.22. The van der Waals surface area contributed by atoms with Gasteiger partial charge in [0.15, 0.2) is 0 Å². The van der Waals surface area contributed by atoms with Crippen LogP contribution in [0.25, 0.3) is 0 Å². The molecule has 0 bridgehead atoms. The molecule has 1 aromatic rings. The molecule has 2 amide bonds. The number of likely N-dealkylation sites (tertiary alicyclic amines) is 1. The third-order valence-corrected chi connectivity index (χ3v) is 4.36. The van der Waals surface area contributed by atoms with Gasteiger partial charge in [0.2, 0.25) is 11.8 Å². The van der Waals surface area contributed by atoms with Gasteiger partial charge in [-0.1, -0.05) is 19.8 Å². The number of hydrogen-bond donors (Lipinski definition) is 1. The van der Waals surface area contributed by atoms with Gasteiger partial charge in [0.25, 0.3) is 0 Å². The maximum absolute atomic E-state index is 12.3. The first-order valence-electron chi connectivity index (χ1n) is 8.66. The molecule has 2 heterocycles. The third-order valence-electron chi connectivity index (χ3n) is 4.36. The van der Waals surface area contributed by atoms with E-state index < -0.39 is 0 Å². The number of aryl methyl sites for hydroxylation is 1. The molecule has 1 unspecified atom stereocenters. The van der Waals surface area contributed by atoms with Crippen LogP contribution in [0, 0.1) is 0 Å². The molecule has 0 saturated carbocycles. The predicted octanol–water partition coefficient (Wildman–Crippen LogP) is 2.17. The Bertz CT molecular complexity index is 526. The summed E-state index contributed by atoms with van der Waals surface area (Å²) in [7, 11) is 1.94. The van der Waals surface area contributed by atoms with Crippen LogP contribution < -0.4 is 5.32 Å². The van der Waals surface area contributed by atoms with Crippen molar-refractivity contribution in [3.63, 3.8) is 0 Å². The summed E-state index contributed by atoms with van der Waals surface area (Å²) in [5, 5.41) is 3.07. The highest BCUT2D eigenvalue weighted by Gasteiger charge is 2.20. The Morgan fingerprint density at radius 1 is 1.39 bits per heavy atom. The van der Waals surface area contributed by atoms with Crippen molar-refractivity contribution in [1.82, 2.24) is 19.8 Å². The normalized spacial score (nSPS) is 17.0. The predicted molar refractivity (Wildman–Crippen MR) is 88.7 cm³/mol. The van der Waals surface area contributed by atoms with Crippen LogP contribution in [0.3, 0.4) is 0 Å². The van der Waals surface area contributed by atoms with Gasteiger partial charge in [0.1, 0.15) is 5.82 Å². The number of carbonyl (C=O) groups excluding carboxylic acids is 2. The van der Waals surface area contributed by atoms with Crippen molar-refractivity contribution in [3.05, 3.63) is 18.2 Å². The molecule has 0 aromatic carbocycles. The van der Waals surface area contributed by atoms with Crippen LogP contribution in [-0.2, 0) is 16.6 Å². The lowest BCUT2D eigenvalue weighted by Crippen LogP contribution is -2.36. The van der Waals surface area contributed by atoms with Crippen LogP contribution in [0.15, 0.2) is 12.4 Å². The molecule has 0 radical (unpaired) electrons. The Hall–Kier alpha value is -1.85. The minimum atomic E-state index is -0.0627. The van der Waals surface area contributed by atoms with Crippen LogP contribution in [-0.4, -0.2) is 39.4 Å². The molecule has 6 nitrogen and oxygen atoms in total. The van der Waals surface area contributed by atoms with Gasteiger partial charge in [0, 0.05) is 45.4 Å². The number of imidazole rings is 1. The van der Waals surface area contributed by atoms with E-state index in [1.165, 1.54) is 0 Å². The molecule has 0 spiro atoms. The SMILES string of the molecule is CCCC(NC(=O)CCN1CCCCCC1=O)c1nccn1C. The zero-order valence-corrected chi connectivity index (χ0v) is 14.3. The first kappa shape index (κ1) is 17.5. The van der Waals surface area contributed by atoms with Crippen molar-refractivity contribution in [2.75, 3.05) is 13.1 Å². The summed E-state index contributed by atoms with van der Waals surface area (Å²) < 4.78 is 1.94. The van der Waals surface area contributed by atoms with E-state index in [1.54, 1.807) is 6.20 Å². The first-order valence-corrected chi connectivity index (χ1v) is 8.66. The van der Waals surface area contributed by atoms with E-state index in [-0.39, 0.29) is 17.9 Å². The molecule has 128 valence electrons. The van der Waals surface area contributed by atoms with Crippen molar-refractivity contribution in [1.29, 1.82) is 0 Å². The smallest absolute Gasteiger partial charge is 0.222 e. The van der Waals surface area contributed by atoms with Crippen LogP contribution in [0.5, 0.6) is 0 Å². The van der Waals surface area contributed by atoms with Crippen LogP contribution in [0.4, 0.5) is 0 Å². The largest absolute Gasteiger partial charge is 0.346 e. The maximum atomic E-state index is 12.3. The van der Waals surface area contributed by atoms with Gasteiger partial charge in [-0.25, -0.2) is 4.98 Å². The molecule has 1 aliphatic heterocycles. The van der Waals surface area contributed by atoms with Crippen molar-refractivity contribution in [3.8, 4) is 0 Å². The number of amides is 2. The highest BCUT2D eigenvalue weighted by molar-refractivity contribution is 5.79. The second kappa shape index (κ2) is 8.70. The van der Waals surface area contributed by atoms with E-state index in [0.29, 0.717) is 19.4 Å². The molecule has 6 heteroatoms. The minimum Gasteiger partial charge on any atom is -0.346 e. The molecule has 1 aliphatic rings. The second-order valence-corrected chi connectivity index (χ2v) is 6.25. The Balaban J connectivity index is 1.86. The summed E-state index contributed by atoms with van der Waals surface area (Å²) in [6.07, 6.45) is 9.57. The van der Waals surface area contributed by atoms with E-state index in [1.807, 2.05) is 22.7 Å². The number of nitrogens with zero attached hydrogens (tertiary/aromatic N) is 3. The summed E-state index contributed by atoms with van der Waals surface area (Å²) in [5.41, 5.74) is 0. The van der Waals surface area contributed by atoms with E-state index in [0.717, 1.165) is 44.5 Å². The maximum Gasteiger partial charge on any atom is 0.222 e. The molecule has 1 saturated heterocycles. The Morgan fingerprint density at radius 2 is 2.22 bits per heavy atom. The second-order valence-electron chi connectivity index (χ2n) is 6.25. The van der Waals surface area contributed by atoms with Gasteiger partial charge in [-0.05, 0) is 19.3 Å². The number of nitrogens with one attached hydrogen (secondary N) is 1. The van der Waals surface area contributed by atoms with E-state index in [4.69, 9.17) is 0 Å². The monoisotopic (exact) mass is 320 g/mol. The van der Waals surface area contributed by atoms with Crippen molar-refractivity contribution < 1.29 is 9.59 Å². The quantitative estimate of drug-likeness (QED) is 0.837. The molecule has 1 aromatic heterocycles. The summed E-state index contributed by atoms with van der Waals surface area (Å²) in [6.45, 7) is 3.39. The van der Waals surface area contributed by atoms with E-state index >= 15 is 0 Å². The Labute approximate surface area is 138 Å². The summed E-state index contributed by atoms with van der Waals surface area (Å²) in [6, 6.07) is -0.0627. The minimum absolute atomic E-state index is 0.0107. The topological polar surface area (TPSA) is 67.2 Å². The molecular weight excluding hydrogens is 292 g/mol. The van der Waals surface area contributed by atoms with Crippen molar-refractivity contribution in [2.24, 2.45) is 7.05 Å². The van der Waals surface area contributed by atoms with E-state index in [2.05, 4.69) is 17.2 Å². The molecule has 0 aliphatic carbocycles. The third kappa shape index (κ3) is 5.08.